The second kappa shape index (κ2) is 6.55. The molecule has 3 nitrogen and oxygen atoms in total. The van der Waals surface area contributed by atoms with Crippen molar-refractivity contribution in [1.29, 1.82) is 0 Å². The first kappa shape index (κ1) is 13.9. The molecule has 0 aliphatic rings. The smallest absolute Gasteiger partial charge is 0.255 e. The Morgan fingerprint density at radius 3 is 2.60 bits per heavy atom. The lowest BCUT2D eigenvalue weighted by Crippen LogP contribution is -2.11. The summed E-state index contributed by atoms with van der Waals surface area (Å²) in [6.07, 6.45) is 0. The fourth-order valence-electron chi connectivity index (χ4n) is 1.77. The van der Waals surface area contributed by atoms with Crippen LogP contribution < -0.4 is 5.32 Å². The number of anilines is 1. The van der Waals surface area contributed by atoms with Gasteiger partial charge in [0, 0.05) is 16.8 Å². The highest BCUT2D eigenvalue weighted by Gasteiger charge is 2.05. The third-order valence-electron chi connectivity index (χ3n) is 2.73. The number of aryl methyl sites for hydroxylation is 1. The summed E-state index contributed by atoms with van der Waals surface area (Å²) in [7, 11) is 0. The van der Waals surface area contributed by atoms with Gasteiger partial charge in [0.25, 0.3) is 5.91 Å². The number of hydrogen-bond acceptors (Lipinski definition) is 2. The molecule has 1 amide bonds. The number of nitrogens with one attached hydrogen (secondary N) is 1. The molecular weight excluding hydrogens is 250 g/mol. The van der Waals surface area contributed by atoms with Crippen LogP contribution in [0.1, 0.15) is 21.5 Å². The molecule has 0 aliphatic carbocycles. The Balaban J connectivity index is 2.08. The number of carbonyl (C=O) groups excluding carboxylic acids is 1. The molecule has 0 aliphatic heterocycles. The molecule has 2 aromatic rings. The van der Waals surface area contributed by atoms with E-state index in [0.29, 0.717) is 11.3 Å². The highest BCUT2D eigenvalue weighted by molar-refractivity contribution is 6.04. The zero-order chi connectivity index (χ0) is 14.4. The topological polar surface area (TPSA) is 49.3 Å². The van der Waals surface area contributed by atoms with Gasteiger partial charge < -0.3 is 10.4 Å². The number of amides is 1. The van der Waals surface area contributed by atoms with Crippen molar-refractivity contribution in [2.75, 3.05) is 11.9 Å². The molecule has 0 saturated heterocycles. The summed E-state index contributed by atoms with van der Waals surface area (Å²) in [5.74, 6) is 5.24. The zero-order valence-corrected chi connectivity index (χ0v) is 11.2. The van der Waals surface area contributed by atoms with E-state index in [1.165, 1.54) is 0 Å². The minimum Gasteiger partial charge on any atom is -0.384 e. The third kappa shape index (κ3) is 3.71. The lowest BCUT2D eigenvalue weighted by atomic mass is 10.1. The molecule has 20 heavy (non-hydrogen) atoms. The van der Waals surface area contributed by atoms with Crippen molar-refractivity contribution < 1.29 is 9.90 Å². The van der Waals surface area contributed by atoms with Gasteiger partial charge in [-0.15, -0.1) is 0 Å². The van der Waals surface area contributed by atoms with Crippen molar-refractivity contribution in [3.8, 4) is 11.8 Å². The first-order valence-electron chi connectivity index (χ1n) is 6.27. The predicted octanol–water partition coefficient (Wildman–Crippen LogP) is 2.59. The summed E-state index contributed by atoms with van der Waals surface area (Å²) >= 11 is 0. The highest BCUT2D eigenvalue weighted by Crippen LogP contribution is 2.11. The van der Waals surface area contributed by atoms with Crippen LogP contribution >= 0.6 is 0 Å². The molecule has 0 saturated carbocycles. The van der Waals surface area contributed by atoms with E-state index in [-0.39, 0.29) is 12.5 Å². The van der Waals surface area contributed by atoms with Gasteiger partial charge in [-0.05, 0) is 43.3 Å². The Bertz CT molecular complexity index is 663. The number of carbonyl (C=O) groups is 1. The largest absolute Gasteiger partial charge is 0.384 e. The summed E-state index contributed by atoms with van der Waals surface area (Å²) in [6, 6.07) is 14.6. The molecule has 0 aromatic heterocycles. The lowest BCUT2D eigenvalue weighted by molar-refractivity contribution is 0.102. The number of hydrogen-bond donors (Lipinski definition) is 2. The quantitative estimate of drug-likeness (QED) is 0.820. The molecule has 0 bridgehead atoms. The van der Waals surface area contributed by atoms with E-state index in [1.807, 2.05) is 25.1 Å². The standard InChI is InChI=1S/C17H15NO2/c1-13-4-2-6-15(12-13)17(20)18-16-9-7-14(8-10-16)5-3-11-19/h2,4,6-10,12,19H,11H2,1H3,(H,18,20). The van der Waals surface area contributed by atoms with Gasteiger partial charge in [-0.25, -0.2) is 0 Å². The summed E-state index contributed by atoms with van der Waals surface area (Å²) in [5.41, 5.74) is 3.19. The minimum atomic E-state index is -0.161. The van der Waals surface area contributed by atoms with E-state index < -0.39 is 0 Å². The number of aliphatic hydroxyl groups excluding tert-OH is 1. The Morgan fingerprint density at radius 1 is 1.20 bits per heavy atom. The Kier molecular flexibility index (Phi) is 4.54. The zero-order valence-electron chi connectivity index (χ0n) is 11.2. The lowest BCUT2D eigenvalue weighted by Gasteiger charge is -2.06. The van der Waals surface area contributed by atoms with Crippen molar-refractivity contribution in [3.05, 3.63) is 65.2 Å². The van der Waals surface area contributed by atoms with E-state index in [2.05, 4.69) is 17.2 Å². The molecule has 0 heterocycles. The minimum absolute atomic E-state index is 0.136. The molecule has 2 N–H and O–H groups in total. The van der Waals surface area contributed by atoms with Crippen molar-refractivity contribution in [1.82, 2.24) is 0 Å². The SMILES string of the molecule is Cc1cccc(C(=O)Nc2ccc(C#CCO)cc2)c1. The van der Waals surface area contributed by atoms with Crippen LogP contribution in [0.3, 0.4) is 0 Å². The van der Waals surface area contributed by atoms with E-state index in [9.17, 15) is 4.79 Å². The third-order valence-corrected chi connectivity index (χ3v) is 2.73. The van der Waals surface area contributed by atoms with Crippen LogP contribution in [0, 0.1) is 18.8 Å². The summed E-state index contributed by atoms with van der Waals surface area (Å²) in [6.45, 7) is 1.79. The summed E-state index contributed by atoms with van der Waals surface area (Å²) in [4.78, 5) is 12.1. The van der Waals surface area contributed by atoms with Gasteiger partial charge in [0.2, 0.25) is 0 Å². The van der Waals surface area contributed by atoms with Crippen LogP contribution in [0.5, 0.6) is 0 Å². The van der Waals surface area contributed by atoms with Gasteiger partial charge in [0.05, 0.1) is 0 Å². The Labute approximate surface area is 118 Å². The average Bonchev–Trinajstić information content (AvgIpc) is 2.46. The number of rotatable bonds is 2. The molecule has 0 spiro atoms. The first-order valence-corrected chi connectivity index (χ1v) is 6.27. The maximum Gasteiger partial charge on any atom is 0.255 e. The maximum absolute atomic E-state index is 12.1. The molecule has 2 rings (SSSR count). The fraction of sp³-hybridized carbons (Fsp3) is 0.118. The van der Waals surface area contributed by atoms with Gasteiger partial charge in [-0.3, -0.25) is 4.79 Å². The molecule has 0 unspecified atom stereocenters. The summed E-state index contributed by atoms with van der Waals surface area (Å²) < 4.78 is 0. The van der Waals surface area contributed by atoms with Crippen LogP contribution in [0.4, 0.5) is 5.69 Å². The average molecular weight is 265 g/mol. The molecule has 0 atom stereocenters. The van der Waals surface area contributed by atoms with Gasteiger partial charge in [0.1, 0.15) is 6.61 Å². The van der Waals surface area contributed by atoms with Gasteiger partial charge in [-0.1, -0.05) is 29.5 Å². The maximum atomic E-state index is 12.1. The second-order valence-corrected chi connectivity index (χ2v) is 4.36. The van der Waals surface area contributed by atoms with Gasteiger partial charge >= 0.3 is 0 Å². The van der Waals surface area contributed by atoms with Gasteiger partial charge in [-0.2, -0.15) is 0 Å². The van der Waals surface area contributed by atoms with E-state index in [4.69, 9.17) is 5.11 Å². The van der Waals surface area contributed by atoms with E-state index in [0.717, 1.165) is 11.1 Å². The second-order valence-electron chi connectivity index (χ2n) is 4.36. The predicted molar refractivity (Wildman–Crippen MR) is 79.5 cm³/mol. The highest BCUT2D eigenvalue weighted by atomic mass is 16.2. The van der Waals surface area contributed by atoms with Crippen LogP contribution in [-0.4, -0.2) is 17.6 Å². The number of benzene rings is 2. The van der Waals surface area contributed by atoms with Crippen molar-refractivity contribution in [2.45, 2.75) is 6.92 Å². The van der Waals surface area contributed by atoms with Gasteiger partial charge in [0.15, 0.2) is 0 Å². The van der Waals surface area contributed by atoms with Crippen LogP contribution in [-0.2, 0) is 0 Å². The van der Waals surface area contributed by atoms with Crippen molar-refractivity contribution >= 4 is 11.6 Å². The molecule has 2 aromatic carbocycles. The molecule has 100 valence electrons. The Morgan fingerprint density at radius 2 is 1.95 bits per heavy atom. The van der Waals surface area contributed by atoms with E-state index >= 15 is 0 Å². The normalized spacial score (nSPS) is 9.50. The molecular formula is C17H15NO2. The van der Waals surface area contributed by atoms with Crippen LogP contribution in [0.2, 0.25) is 0 Å². The molecule has 0 fully saturated rings. The van der Waals surface area contributed by atoms with Crippen molar-refractivity contribution in [2.24, 2.45) is 0 Å². The summed E-state index contributed by atoms with van der Waals surface area (Å²) in [5, 5.41) is 11.5. The first-order chi connectivity index (χ1) is 9.69. The molecule has 3 heteroatoms. The van der Waals surface area contributed by atoms with Crippen LogP contribution in [0.25, 0.3) is 0 Å². The Hall–Kier alpha value is -2.57. The van der Waals surface area contributed by atoms with Crippen molar-refractivity contribution in [3.63, 3.8) is 0 Å². The van der Waals surface area contributed by atoms with Crippen LogP contribution in [0.15, 0.2) is 48.5 Å². The van der Waals surface area contributed by atoms with E-state index in [1.54, 1.807) is 30.3 Å². The molecule has 0 radical (unpaired) electrons. The fourth-order valence-corrected chi connectivity index (χ4v) is 1.77. The monoisotopic (exact) mass is 265 g/mol. The number of aliphatic hydroxyl groups is 1.